The number of aliphatic hydroxyl groups excluding tert-OH is 1. The van der Waals surface area contributed by atoms with E-state index in [4.69, 9.17) is 9.72 Å². The lowest BCUT2D eigenvalue weighted by molar-refractivity contribution is 0.303. The number of aliphatic hydroxyl groups is 1. The molecule has 0 aliphatic heterocycles. The molecule has 0 amide bonds. The summed E-state index contributed by atoms with van der Waals surface area (Å²) in [4.78, 5) is 5.98. The van der Waals surface area contributed by atoms with Crippen LogP contribution in [0, 0.1) is 0 Å². The number of thioether (sulfide) groups is 1. The van der Waals surface area contributed by atoms with Crippen LogP contribution < -0.4 is 4.74 Å². The molecule has 1 saturated carbocycles. The molecule has 1 N–H and O–H groups in total. The molecular weight excluding hydrogens is 318 g/mol. The van der Waals surface area contributed by atoms with Gasteiger partial charge < -0.3 is 9.84 Å². The third-order valence-corrected chi connectivity index (χ3v) is 5.00. The molecule has 4 heteroatoms. The molecule has 1 aromatic carbocycles. The summed E-state index contributed by atoms with van der Waals surface area (Å²) in [6, 6.07) is 12.7. The number of methoxy groups -OCH3 is 1. The Morgan fingerprint density at radius 1 is 1.25 bits per heavy atom. The van der Waals surface area contributed by atoms with Gasteiger partial charge in [0, 0.05) is 22.6 Å². The van der Waals surface area contributed by atoms with Crippen molar-refractivity contribution in [3.05, 3.63) is 59.3 Å². The standard InChI is InChI=1S/C20H23NO2S/c1-23-20-18(15-5-6-15)11-12-19(21-20)17(4-3-13-22)14-7-9-16(24-2)10-8-14/h4,7-12,15,22H,3,5-6,13H2,1-2H3/b17-4-. The summed E-state index contributed by atoms with van der Waals surface area (Å²) in [6.07, 6.45) is 7.17. The van der Waals surface area contributed by atoms with Crippen LogP contribution in [-0.2, 0) is 0 Å². The minimum Gasteiger partial charge on any atom is -0.481 e. The summed E-state index contributed by atoms with van der Waals surface area (Å²) in [5.41, 5.74) is 4.24. The Morgan fingerprint density at radius 2 is 2.00 bits per heavy atom. The maximum absolute atomic E-state index is 9.22. The van der Waals surface area contributed by atoms with Crippen LogP contribution in [0.25, 0.3) is 5.57 Å². The fourth-order valence-corrected chi connectivity index (χ4v) is 3.23. The predicted octanol–water partition coefficient (Wildman–Crippen LogP) is 4.50. The van der Waals surface area contributed by atoms with Crippen LogP contribution >= 0.6 is 11.8 Å². The molecule has 0 atom stereocenters. The smallest absolute Gasteiger partial charge is 0.217 e. The molecule has 3 nitrogen and oxygen atoms in total. The van der Waals surface area contributed by atoms with Crippen molar-refractivity contribution < 1.29 is 9.84 Å². The number of nitrogens with zero attached hydrogens (tertiary/aromatic N) is 1. The second kappa shape index (κ2) is 7.86. The lowest BCUT2D eigenvalue weighted by Gasteiger charge is -2.12. The molecule has 1 aromatic heterocycles. The van der Waals surface area contributed by atoms with Gasteiger partial charge in [0.15, 0.2) is 0 Å². The Hall–Kier alpha value is -1.78. The first-order valence-electron chi connectivity index (χ1n) is 8.27. The normalized spacial score (nSPS) is 14.7. The molecule has 126 valence electrons. The molecule has 0 radical (unpaired) electrons. The van der Waals surface area contributed by atoms with Gasteiger partial charge in [-0.2, -0.15) is 0 Å². The topological polar surface area (TPSA) is 42.4 Å². The van der Waals surface area contributed by atoms with Gasteiger partial charge in [-0.15, -0.1) is 11.8 Å². The van der Waals surface area contributed by atoms with Gasteiger partial charge in [0.1, 0.15) is 0 Å². The van der Waals surface area contributed by atoms with Crippen LogP contribution in [0.4, 0.5) is 0 Å². The SMILES string of the molecule is COc1nc(/C(=C\CCO)c2ccc(SC)cc2)ccc1C1CC1. The lowest BCUT2D eigenvalue weighted by Crippen LogP contribution is -1.99. The zero-order chi connectivity index (χ0) is 16.9. The average Bonchev–Trinajstić information content (AvgIpc) is 3.47. The number of ether oxygens (including phenoxy) is 1. The minimum absolute atomic E-state index is 0.129. The molecule has 1 aliphatic carbocycles. The van der Waals surface area contributed by atoms with Gasteiger partial charge in [0.2, 0.25) is 5.88 Å². The summed E-state index contributed by atoms with van der Waals surface area (Å²) in [5.74, 6) is 1.33. The van der Waals surface area contributed by atoms with Gasteiger partial charge in [0.05, 0.1) is 12.8 Å². The van der Waals surface area contributed by atoms with Gasteiger partial charge in [-0.25, -0.2) is 4.98 Å². The molecule has 0 spiro atoms. The van der Waals surface area contributed by atoms with Crippen LogP contribution in [-0.4, -0.2) is 30.1 Å². The van der Waals surface area contributed by atoms with E-state index < -0.39 is 0 Å². The summed E-state index contributed by atoms with van der Waals surface area (Å²) in [5, 5.41) is 9.22. The first kappa shape index (κ1) is 17.1. The third kappa shape index (κ3) is 3.82. The first-order valence-corrected chi connectivity index (χ1v) is 9.50. The molecule has 1 fully saturated rings. The molecule has 1 aliphatic rings. The van der Waals surface area contributed by atoms with Gasteiger partial charge in [-0.05, 0) is 55.2 Å². The molecular formula is C20H23NO2S. The first-order chi connectivity index (χ1) is 11.8. The Balaban J connectivity index is 1.98. The van der Waals surface area contributed by atoms with Crippen molar-refractivity contribution in [2.45, 2.75) is 30.1 Å². The van der Waals surface area contributed by atoms with Crippen molar-refractivity contribution in [1.29, 1.82) is 0 Å². The van der Waals surface area contributed by atoms with Crippen LogP contribution in [0.1, 0.15) is 42.0 Å². The van der Waals surface area contributed by atoms with Gasteiger partial charge in [-0.3, -0.25) is 0 Å². The van der Waals surface area contributed by atoms with Gasteiger partial charge in [0.25, 0.3) is 0 Å². The Labute approximate surface area is 147 Å². The van der Waals surface area contributed by atoms with Crippen LogP contribution in [0.15, 0.2) is 47.4 Å². The van der Waals surface area contributed by atoms with Crippen LogP contribution in [0.3, 0.4) is 0 Å². The van der Waals surface area contributed by atoms with Crippen LogP contribution in [0.2, 0.25) is 0 Å². The second-order valence-corrected chi connectivity index (χ2v) is 6.81. The molecule has 0 unspecified atom stereocenters. The zero-order valence-electron chi connectivity index (χ0n) is 14.2. The highest BCUT2D eigenvalue weighted by molar-refractivity contribution is 7.98. The summed E-state index contributed by atoms with van der Waals surface area (Å²) in [6.45, 7) is 0.129. The molecule has 24 heavy (non-hydrogen) atoms. The quantitative estimate of drug-likeness (QED) is 0.753. The fraction of sp³-hybridized carbons (Fsp3) is 0.350. The zero-order valence-corrected chi connectivity index (χ0v) is 15.0. The molecule has 3 rings (SSSR count). The molecule has 0 bridgehead atoms. The van der Waals surface area contributed by atoms with Gasteiger partial charge >= 0.3 is 0 Å². The van der Waals surface area contributed by atoms with E-state index >= 15 is 0 Å². The Kier molecular flexibility index (Phi) is 5.59. The van der Waals surface area contributed by atoms with Crippen molar-refractivity contribution in [2.75, 3.05) is 20.0 Å². The number of hydrogen-bond donors (Lipinski definition) is 1. The maximum atomic E-state index is 9.22. The molecule has 2 aromatic rings. The number of hydrogen-bond acceptors (Lipinski definition) is 4. The summed E-state index contributed by atoms with van der Waals surface area (Å²) >= 11 is 1.73. The third-order valence-electron chi connectivity index (χ3n) is 4.25. The van der Waals surface area contributed by atoms with E-state index in [1.165, 1.54) is 23.3 Å². The lowest BCUT2D eigenvalue weighted by atomic mass is 10.00. The predicted molar refractivity (Wildman–Crippen MR) is 99.8 cm³/mol. The Bertz CT molecular complexity index is 721. The summed E-state index contributed by atoms with van der Waals surface area (Å²) in [7, 11) is 1.68. The molecule has 1 heterocycles. The van der Waals surface area contributed by atoms with Crippen molar-refractivity contribution in [3.8, 4) is 5.88 Å². The van der Waals surface area contributed by atoms with Crippen LogP contribution in [0.5, 0.6) is 5.88 Å². The van der Waals surface area contributed by atoms with E-state index in [0.29, 0.717) is 12.3 Å². The largest absolute Gasteiger partial charge is 0.481 e. The van der Waals surface area contributed by atoms with Crippen molar-refractivity contribution in [1.82, 2.24) is 4.98 Å². The van der Waals surface area contributed by atoms with E-state index in [0.717, 1.165) is 22.7 Å². The number of aromatic nitrogens is 1. The number of rotatable bonds is 7. The highest BCUT2D eigenvalue weighted by Gasteiger charge is 2.27. The van der Waals surface area contributed by atoms with Crippen molar-refractivity contribution >= 4 is 17.3 Å². The minimum atomic E-state index is 0.129. The fourth-order valence-electron chi connectivity index (χ4n) is 2.82. The average molecular weight is 341 g/mol. The van der Waals surface area contributed by atoms with E-state index in [-0.39, 0.29) is 6.61 Å². The summed E-state index contributed by atoms with van der Waals surface area (Å²) < 4.78 is 5.52. The van der Waals surface area contributed by atoms with E-state index in [1.54, 1.807) is 18.9 Å². The highest BCUT2D eigenvalue weighted by atomic mass is 32.2. The number of pyridine rings is 1. The Morgan fingerprint density at radius 3 is 2.58 bits per heavy atom. The second-order valence-electron chi connectivity index (χ2n) is 5.93. The highest BCUT2D eigenvalue weighted by Crippen LogP contribution is 2.44. The van der Waals surface area contributed by atoms with Crippen molar-refractivity contribution in [3.63, 3.8) is 0 Å². The van der Waals surface area contributed by atoms with E-state index in [9.17, 15) is 5.11 Å². The number of benzene rings is 1. The van der Waals surface area contributed by atoms with Gasteiger partial charge in [-0.1, -0.05) is 24.3 Å². The maximum Gasteiger partial charge on any atom is 0.217 e. The molecule has 0 saturated heterocycles. The van der Waals surface area contributed by atoms with E-state index in [1.807, 2.05) is 6.08 Å². The monoisotopic (exact) mass is 341 g/mol. The van der Waals surface area contributed by atoms with E-state index in [2.05, 4.69) is 42.7 Å². The van der Waals surface area contributed by atoms with Crippen molar-refractivity contribution in [2.24, 2.45) is 0 Å².